The number of hydrogen-bond donors (Lipinski definition) is 0. The van der Waals surface area contributed by atoms with Gasteiger partial charge < -0.3 is 4.57 Å². The SMILES string of the molecule is CCCCc1nc(Cl)c(C=O)n1Cc1ccc(-c2ccccc2C2=NN=NC2)cc1. The first-order valence-corrected chi connectivity index (χ1v) is 10.4. The zero-order chi connectivity index (χ0) is 20.9. The molecule has 0 unspecified atom stereocenters. The molecule has 1 aliphatic rings. The Bertz CT molecular complexity index is 1120. The summed E-state index contributed by atoms with van der Waals surface area (Å²) in [6.45, 7) is 3.19. The number of halogens is 1. The predicted molar refractivity (Wildman–Crippen MR) is 118 cm³/mol. The maximum Gasteiger partial charge on any atom is 0.169 e. The standard InChI is InChI=1S/C23H22ClN5O/c1-2-3-8-22-26-23(24)21(15-30)29(22)14-16-9-11-17(12-10-16)18-6-4-5-7-19(18)20-13-25-28-27-20/h4-7,9-12,15H,2-3,8,13-14H2,1H3. The van der Waals surface area contributed by atoms with Gasteiger partial charge in [0.15, 0.2) is 11.4 Å². The van der Waals surface area contributed by atoms with Gasteiger partial charge in [0.1, 0.15) is 18.1 Å². The third-order valence-electron chi connectivity index (χ3n) is 5.20. The highest BCUT2D eigenvalue weighted by Crippen LogP contribution is 2.27. The molecule has 2 heterocycles. The van der Waals surface area contributed by atoms with Crippen LogP contribution in [-0.2, 0) is 13.0 Å². The van der Waals surface area contributed by atoms with E-state index in [1.54, 1.807) is 0 Å². The lowest BCUT2D eigenvalue weighted by Gasteiger charge is -2.12. The van der Waals surface area contributed by atoms with Gasteiger partial charge in [-0.25, -0.2) is 4.98 Å². The molecule has 0 saturated carbocycles. The third kappa shape index (κ3) is 4.09. The molecule has 0 amide bonds. The van der Waals surface area contributed by atoms with E-state index in [9.17, 15) is 4.79 Å². The monoisotopic (exact) mass is 419 g/mol. The van der Waals surface area contributed by atoms with Crippen LogP contribution in [0.4, 0.5) is 0 Å². The largest absolute Gasteiger partial charge is 0.320 e. The number of benzene rings is 2. The number of aldehydes is 1. The number of nitrogens with zero attached hydrogens (tertiary/aromatic N) is 5. The summed E-state index contributed by atoms with van der Waals surface area (Å²) < 4.78 is 1.92. The Kier molecular flexibility index (Phi) is 6.14. The molecule has 6 nitrogen and oxygen atoms in total. The van der Waals surface area contributed by atoms with Gasteiger partial charge in [-0.1, -0.05) is 73.5 Å². The predicted octanol–water partition coefficient (Wildman–Crippen LogP) is 5.58. The van der Waals surface area contributed by atoms with Crippen LogP contribution < -0.4 is 0 Å². The number of imidazole rings is 1. The molecule has 1 aliphatic heterocycles. The van der Waals surface area contributed by atoms with E-state index in [0.717, 1.165) is 59.3 Å². The lowest BCUT2D eigenvalue weighted by atomic mass is 9.96. The normalized spacial score (nSPS) is 12.9. The quantitative estimate of drug-likeness (QED) is 0.447. The second-order valence-electron chi connectivity index (χ2n) is 7.19. The van der Waals surface area contributed by atoms with Crippen LogP contribution in [0, 0.1) is 0 Å². The average Bonchev–Trinajstić information content (AvgIpc) is 3.41. The second kappa shape index (κ2) is 9.13. The van der Waals surface area contributed by atoms with Crippen molar-refractivity contribution in [3.63, 3.8) is 0 Å². The van der Waals surface area contributed by atoms with E-state index in [2.05, 4.69) is 57.7 Å². The van der Waals surface area contributed by atoms with E-state index in [1.165, 1.54) is 0 Å². The lowest BCUT2D eigenvalue weighted by Crippen LogP contribution is -2.09. The highest BCUT2D eigenvalue weighted by Gasteiger charge is 2.16. The van der Waals surface area contributed by atoms with E-state index < -0.39 is 0 Å². The van der Waals surface area contributed by atoms with Gasteiger partial charge in [0.05, 0.1) is 5.71 Å². The molecular formula is C23H22ClN5O. The van der Waals surface area contributed by atoms with E-state index >= 15 is 0 Å². The maximum absolute atomic E-state index is 11.6. The zero-order valence-corrected chi connectivity index (χ0v) is 17.5. The maximum atomic E-state index is 11.6. The minimum absolute atomic E-state index is 0.273. The third-order valence-corrected chi connectivity index (χ3v) is 5.48. The Balaban J connectivity index is 1.61. The molecule has 0 radical (unpaired) electrons. The number of aryl methyl sites for hydroxylation is 1. The van der Waals surface area contributed by atoms with Gasteiger partial charge in [0.25, 0.3) is 0 Å². The van der Waals surface area contributed by atoms with Crippen LogP contribution in [0.25, 0.3) is 11.1 Å². The van der Waals surface area contributed by atoms with Crippen LogP contribution >= 0.6 is 11.6 Å². The van der Waals surface area contributed by atoms with Crippen molar-refractivity contribution >= 4 is 23.6 Å². The fraction of sp³-hybridized carbons (Fsp3) is 0.261. The van der Waals surface area contributed by atoms with Gasteiger partial charge in [-0.15, -0.1) is 5.10 Å². The summed E-state index contributed by atoms with van der Waals surface area (Å²) in [5.74, 6) is 0.852. The molecule has 0 bridgehead atoms. The summed E-state index contributed by atoms with van der Waals surface area (Å²) in [4.78, 5) is 16.0. The van der Waals surface area contributed by atoms with Gasteiger partial charge >= 0.3 is 0 Å². The number of carbonyl (C=O) groups is 1. The van der Waals surface area contributed by atoms with Crippen molar-refractivity contribution in [2.75, 3.05) is 6.54 Å². The van der Waals surface area contributed by atoms with Gasteiger partial charge in [-0.2, -0.15) is 5.11 Å². The van der Waals surface area contributed by atoms with Crippen molar-refractivity contribution in [3.05, 3.63) is 76.3 Å². The molecule has 0 fully saturated rings. The van der Waals surface area contributed by atoms with E-state index in [-0.39, 0.29) is 5.15 Å². The van der Waals surface area contributed by atoms with Crippen molar-refractivity contribution in [2.24, 2.45) is 15.4 Å². The van der Waals surface area contributed by atoms with Crippen LogP contribution in [0.3, 0.4) is 0 Å². The van der Waals surface area contributed by atoms with Crippen LogP contribution in [0.2, 0.25) is 5.15 Å². The first-order valence-electron chi connectivity index (χ1n) is 10.0. The Morgan fingerprint density at radius 2 is 1.87 bits per heavy atom. The van der Waals surface area contributed by atoms with Crippen molar-refractivity contribution in [3.8, 4) is 11.1 Å². The zero-order valence-electron chi connectivity index (χ0n) is 16.8. The molecule has 0 saturated heterocycles. The van der Waals surface area contributed by atoms with Gasteiger partial charge in [-0.05, 0) is 28.3 Å². The number of carbonyl (C=O) groups excluding carboxylic acids is 1. The molecule has 3 aromatic rings. The van der Waals surface area contributed by atoms with Crippen LogP contribution in [0.5, 0.6) is 0 Å². The fourth-order valence-corrected chi connectivity index (χ4v) is 3.85. The topological polar surface area (TPSA) is 72.0 Å². The lowest BCUT2D eigenvalue weighted by molar-refractivity contribution is 0.111. The summed E-state index contributed by atoms with van der Waals surface area (Å²) in [5, 5.41) is 12.1. The summed E-state index contributed by atoms with van der Waals surface area (Å²) >= 11 is 6.19. The Hall–Kier alpha value is -3.12. The first-order chi connectivity index (χ1) is 14.7. The van der Waals surface area contributed by atoms with Crippen molar-refractivity contribution < 1.29 is 4.79 Å². The minimum Gasteiger partial charge on any atom is -0.320 e. The van der Waals surface area contributed by atoms with Crippen LogP contribution in [0.1, 0.15) is 47.2 Å². The molecule has 7 heteroatoms. The number of rotatable bonds is 8. The second-order valence-corrected chi connectivity index (χ2v) is 7.55. The van der Waals surface area contributed by atoms with Gasteiger partial charge in [-0.3, -0.25) is 4.79 Å². The summed E-state index contributed by atoms with van der Waals surface area (Å²) in [7, 11) is 0. The number of hydrogen-bond acceptors (Lipinski definition) is 5. The molecule has 2 aromatic carbocycles. The first kappa shape index (κ1) is 20.2. The number of aromatic nitrogens is 2. The fourth-order valence-electron chi connectivity index (χ4n) is 3.61. The molecule has 0 N–H and O–H groups in total. The summed E-state index contributed by atoms with van der Waals surface area (Å²) in [6, 6.07) is 16.4. The Labute approximate surface area is 180 Å². The van der Waals surface area contributed by atoms with E-state index in [4.69, 9.17) is 11.6 Å². The van der Waals surface area contributed by atoms with Crippen LogP contribution in [-0.4, -0.2) is 28.1 Å². The molecule has 30 heavy (non-hydrogen) atoms. The molecule has 0 atom stereocenters. The molecule has 152 valence electrons. The van der Waals surface area contributed by atoms with Crippen molar-refractivity contribution in [1.82, 2.24) is 9.55 Å². The molecule has 0 aliphatic carbocycles. The smallest absolute Gasteiger partial charge is 0.169 e. The Morgan fingerprint density at radius 3 is 2.53 bits per heavy atom. The Morgan fingerprint density at radius 1 is 1.10 bits per heavy atom. The summed E-state index contributed by atoms with van der Waals surface area (Å²) in [6.07, 6.45) is 3.65. The minimum atomic E-state index is 0.273. The molecule has 1 aromatic heterocycles. The van der Waals surface area contributed by atoms with Crippen LogP contribution in [0.15, 0.2) is 64.0 Å². The van der Waals surface area contributed by atoms with Gasteiger partial charge in [0, 0.05) is 18.5 Å². The molecule has 4 rings (SSSR count). The molecular weight excluding hydrogens is 398 g/mol. The highest BCUT2D eigenvalue weighted by atomic mass is 35.5. The molecule has 0 spiro atoms. The van der Waals surface area contributed by atoms with Crippen molar-refractivity contribution in [1.29, 1.82) is 0 Å². The van der Waals surface area contributed by atoms with E-state index in [1.807, 2.05) is 22.8 Å². The number of unbranched alkanes of at least 4 members (excludes halogenated alkanes) is 1. The average molecular weight is 420 g/mol. The van der Waals surface area contributed by atoms with E-state index in [0.29, 0.717) is 18.8 Å². The summed E-state index contributed by atoms with van der Waals surface area (Å²) in [5.41, 5.74) is 5.62. The van der Waals surface area contributed by atoms with Gasteiger partial charge in [0.2, 0.25) is 0 Å². The highest BCUT2D eigenvalue weighted by molar-refractivity contribution is 6.31. The van der Waals surface area contributed by atoms with Crippen molar-refractivity contribution in [2.45, 2.75) is 32.7 Å².